The SMILES string of the molecule is O=C(C[C@@H]1C[C@H]2c3cc(NC(=O)NC4CCCC4)ccc3O[C@H]2[C@H](CO)O1)NCc1ccncc1. The molecule has 1 aromatic carbocycles. The van der Waals surface area contributed by atoms with Gasteiger partial charge in [0.05, 0.1) is 19.1 Å². The Kier molecular flexibility index (Phi) is 7.15. The maximum atomic E-state index is 12.6. The quantitative estimate of drug-likeness (QED) is 0.484. The highest BCUT2D eigenvalue weighted by Crippen LogP contribution is 2.47. The molecule has 2 aliphatic heterocycles. The molecule has 0 spiro atoms. The Labute approximate surface area is 204 Å². The van der Waals surface area contributed by atoms with Crippen LogP contribution in [-0.2, 0) is 16.1 Å². The van der Waals surface area contributed by atoms with Crippen LogP contribution in [0.3, 0.4) is 0 Å². The van der Waals surface area contributed by atoms with Crippen molar-refractivity contribution in [2.45, 2.75) is 75.3 Å². The van der Waals surface area contributed by atoms with Gasteiger partial charge in [-0.05, 0) is 55.2 Å². The van der Waals surface area contributed by atoms with Crippen LogP contribution in [0.5, 0.6) is 5.75 Å². The van der Waals surface area contributed by atoms with E-state index >= 15 is 0 Å². The molecule has 4 atom stereocenters. The van der Waals surface area contributed by atoms with E-state index in [2.05, 4.69) is 20.9 Å². The Morgan fingerprint density at radius 2 is 1.91 bits per heavy atom. The lowest BCUT2D eigenvalue weighted by atomic mass is 9.84. The summed E-state index contributed by atoms with van der Waals surface area (Å²) in [5.41, 5.74) is 2.64. The topological polar surface area (TPSA) is 122 Å². The van der Waals surface area contributed by atoms with Gasteiger partial charge in [0.25, 0.3) is 0 Å². The van der Waals surface area contributed by atoms with Crippen molar-refractivity contribution in [3.05, 3.63) is 53.9 Å². The lowest BCUT2D eigenvalue weighted by molar-refractivity contribution is -0.142. The van der Waals surface area contributed by atoms with Crippen LogP contribution in [0.25, 0.3) is 0 Å². The highest BCUT2D eigenvalue weighted by Gasteiger charge is 2.46. The fraction of sp³-hybridized carbons (Fsp3) is 0.500. The molecule has 2 fully saturated rings. The molecule has 1 saturated carbocycles. The van der Waals surface area contributed by atoms with Gasteiger partial charge in [0.15, 0.2) is 0 Å². The Balaban J connectivity index is 1.22. The van der Waals surface area contributed by atoms with Gasteiger partial charge in [0.2, 0.25) is 5.91 Å². The Morgan fingerprint density at radius 3 is 2.69 bits per heavy atom. The van der Waals surface area contributed by atoms with E-state index < -0.39 is 6.10 Å². The lowest BCUT2D eigenvalue weighted by Gasteiger charge is -2.37. The van der Waals surface area contributed by atoms with Crippen molar-refractivity contribution in [3.63, 3.8) is 0 Å². The largest absolute Gasteiger partial charge is 0.487 e. The van der Waals surface area contributed by atoms with Crippen LogP contribution in [-0.4, -0.2) is 53.0 Å². The van der Waals surface area contributed by atoms with E-state index in [1.807, 2.05) is 30.3 Å². The zero-order valence-electron chi connectivity index (χ0n) is 19.6. The Bertz CT molecular complexity index is 1040. The Hall–Kier alpha value is -3.17. The molecule has 4 N–H and O–H groups in total. The lowest BCUT2D eigenvalue weighted by Crippen LogP contribution is -2.47. The van der Waals surface area contributed by atoms with E-state index in [0.29, 0.717) is 18.7 Å². The minimum absolute atomic E-state index is 0.0338. The molecule has 3 amide bonds. The summed E-state index contributed by atoms with van der Waals surface area (Å²) < 4.78 is 12.2. The van der Waals surface area contributed by atoms with Crippen molar-refractivity contribution in [2.24, 2.45) is 0 Å². The molecule has 1 saturated heterocycles. The number of carbonyl (C=O) groups excluding carboxylic acids is 2. The minimum atomic E-state index is -0.527. The van der Waals surface area contributed by atoms with Gasteiger partial charge in [-0.2, -0.15) is 0 Å². The van der Waals surface area contributed by atoms with Gasteiger partial charge in [-0.25, -0.2) is 4.79 Å². The second kappa shape index (κ2) is 10.6. The molecule has 0 radical (unpaired) electrons. The fourth-order valence-corrected chi connectivity index (χ4v) is 5.37. The van der Waals surface area contributed by atoms with Crippen molar-refractivity contribution in [3.8, 4) is 5.75 Å². The highest BCUT2D eigenvalue weighted by atomic mass is 16.6. The second-order valence-corrected chi connectivity index (χ2v) is 9.57. The van der Waals surface area contributed by atoms with Crippen LogP contribution in [0.4, 0.5) is 10.5 Å². The average Bonchev–Trinajstić information content (AvgIpc) is 3.50. The van der Waals surface area contributed by atoms with E-state index in [-0.39, 0.29) is 49.1 Å². The number of aliphatic hydroxyl groups is 1. The third kappa shape index (κ3) is 5.57. The number of fused-ring (bicyclic) bond motifs is 3. The number of hydrogen-bond donors (Lipinski definition) is 4. The van der Waals surface area contributed by atoms with Crippen molar-refractivity contribution in [2.75, 3.05) is 11.9 Å². The molecular formula is C26H32N4O5. The highest BCUT2D eigenvalue weighted by molar-refractivity contribution is 5.89. The summed E-state index contributed by atoms with van der Waals surface area (Å²) >= 11 is 0. The van der Waals surface area contributed by atoms with Crippen LogP contribution in [0.15, 0.2) is 42.7 Å². The maximum absolute atomic E-state index is 12.6. The number of hydrogen-bond acceptors (Lipinski definition) is 6. The molecule has 5 rings (SSSR count). The standard InChI is InChI=1S/C26H32N4O5/c31-15-23-25-21(12-19(34-23)13-24(32)28-14-16-7-9-27-10-8-16)20-11-18(5-6-22(20)35-25)30-26(33)29-17-3-1-2-4-17/h5-11,17,19,21,23,25,31H,1-4,12-15H2,(H,28,32)(H2,29,30,33)/t19-,21-,23-,25+/m0/s1. The summed E-state index contributed by atoms with van der Waals surface area (Å²) in [7, 11) is 0. The maximum Gasteiger partial charge on any atom is 0.319 e. The number of aliphatic hydroxyl groups excluding tert-OH is 1. The number of urea groups is 1. The first-order chi connectivity index (χ1) is 17.1. The van der Waals surface area contributed by atoms with Crippen LogP contribution >= 0.6 is 0 Å². The first kappa shape index (κ1) is 23.6. The summed E-state index contributed by atoms with van der Waals surface area (Å²) in [5.74, 6) is 0.584. The monoisotopic (exact) mass is 480 g/mol. The molecule has 9 nitrogen and oxygen atoms in total. The van der Waals surface area contributed by atoms with E-state index in [1.54, 1.807) is 12.4 Å². The van der Waals surface area contributed by atoms with Gasteiger partial charge in [0.1, 0.15) is 18.0 Å². The van der Waals surface area contributed by atoms with Gasteiger partial charge >= 0.3 is 6.03 Å². The van der Waals surface area contributed by atoms with Gasteiger partial charge < -0.3 is 30.5 Å². The number of nitrogens with zero attached hydrogens (tertiary/aromatic N) is 1. The van der Waals surface area contributed by atoms with E-state index in [0.717, 1.165) is 42.6 Å². The third-order valence-electron chi connectivity index (χ3n) is 7.10. The number of pyridine rings is 1. The summed E-state index contributed by atoms with van der Waals surface area (Å²) in [5, 5.41) is 18.9. The molecular weight excluding hydrogens is 448 g/mol. The molecule has 9 heteroatoms. The number of nitrogens with one attached hydrogen (secondary N) is 3. The van der Waals surface area contributed by atoms with Crippen molar-refractivity contribution in [1.82, 2.24) is 15.6 Å². The predicted octanol–water partition coefficient (Wildman–Crippen LogP) is 2.85. The van der Waals surface area contributed by atoms with Crippen molar-refractivity contribution >= 4 is 17.6 Å². The molecule has 1 aliphatic carbocycles. The van der Waals surface area contributed by atoms with Gasteiger partial charge in [0, 0.05) is 42.1 Å². The average molecular weight is 481 g/mol. The van der Waals surface area contributed by atoms with E-state index in [9.17, 15) is 14.7 Å². The number of carbonyl (C=O) groups is 2. The zero-order chi connectivity index (χ0) is 24.2. The first-order valence-corrected chi connectivity index (χ1v) is 12.4. The molecule has 0 unspecified atom stereocenters. The number of rotatable bonds is 7. The van der Waals surface area contributed by atoms with E-state index in [1.165, 1.54) is 0 Å². The summed E-state index contributed by atoms with van der Waals surface area (Å²) in [6.07, 6.45) is 7.33. The normalized spacial score (nSPS) is 25.3. The van der Waals surface area contributed by atoms with Gasteiger partial charge in [-0.3, -0.25) is 9.78 Å². The second-order valence-electron chi connectivity index (χ2n) is 9.57. The number of aromatic nitrogens is 1. The third-order valence-corrected chi connectivity index (χ3v) is 7.10. The van der Waals surface area contributed by atoms with Crippen LogP contribution in [0.2, 0.25) is 0 Å². The van der Waals surface area contributed by atoms with Crippen LogP contribution in [0, 0.1) is 0 Å². The predicted molar refractivity (Wildman–Crippen MR) is 129 cm³/mol. The van der Waals surface area contributed by atoms with Crippen LogP contribution in [0.1, 0.15) is 55.6 Å². The molecule has 0 bridgehead atoms. The van der Waals surface area contributed by atoms with Gasteiger partial charge in [-0.15, -0.1) is 0 Å². The molecule has 1 aromatic heterocycles. The number of amides is 3. The molecule has 3 heterocycles. The molecule has 186 valence electrons. The molecule has 3 aliphatic rings. The summed E-state index contributed by atoms with van der Waals surface area (Å²) in [6, 6.07) is 9.37. The molecule has 35 heavy (non-hydrogen) atoms. The van der Waals surface area contributed by atoms with Crippen molar-refractivity contribution in [1.29, 1.82) is 0 Å². The first-order valence-electron chi connectivity index (χ1n) is 12.4. The zero-order valence-corrected chi connectivity index (χ0v) is 19.6. The summed E-state index contributed by atoms with van der Waals surface area (Å²) in [6.45, 7) is 0.229. The van der Waals surface area contributed by atoms with Crippen molar-refractivity contribution < 1.29 is 24.2 Å². The van der Waals surface area contributed by atoms with E-state index in [4.69, 9.17) is 9.47 Å². The van der Waals surface area contributed by atoms with Crippen LogP contribution < -0.4 is 20.7 Å². The Morgan fingerprint density at radius 1 is 1.11 bits per heavy atom. The summed E-state index contributed by atoms with van der Waals surface area (Å²) in [4.78, 5) is 29.0. The number of ether oxygens (including phenoxy) is 2. The van der Waals surface area contributed by atoms with Gasteiger partial charge in [-0.1, -0.05) is 12.8 Å². The fourth-order valence-electron chi connectivity index (χ4n) is 5.37. The minimum Gasteiger partial charge on any atom is -0.487 e. The molecule has 2 aromatic rings. The smallest absolute Gasteiger partial charge is 0.319 e. The number of benzene rings is 1. The number of anilines is 1.